The second-order valence-electron chi connectivity index (χ2n) is 7.86. The summed E-state index contributed by atoms with van der Waals surface area (Å²) in [5.41, 5.74) is 16.7. The molecule has 184 valence electrons. The van der Waals surface area contributed by atoms with E-state index in [0.29, 0.717) is 23.7 Å². The molecule has 0 aliphatic rings. The van der Waals surface area contributed by atoms with Crippen molar-refractivity contribution in [3.8, 4) is 11.1 Å². The van der Waals surface area contributed by atoms with Crippen LogP contribution in [0.2, 0.25) is 0 Å². The number of aliphatic hydroxyl groups excluding tert-OH is 1. The molecule has 2 heterocycles. The van der Waals surface area contributed by atoms with Crippen molar-refractivity contribution in [2.24, 2.45) is 5.73 Å². The number of nitrogens with two attached hydrogens (primary N) is 2. The molecule has 0 saturated carbocycles. The van der Waals surface area contributed by atoms with E-state index in [-0.39, 0.29) is 25.1 Å². The number of nitrogens with one attached hydrogen (secondary N) is 3. The van der Waals surface area contributed by atoms with E-state index in [1.165, 1.54) is 17.4 Å². The van der Waals surface area contributed by atoms with Crippen molar-refractivity contribution in [1.29, 1.82) is 0 Å². The van der Waals surface area contributed by atoms with Gasteiger partial charge < -0.3 is 32.5 Å². The number of urea groups is 1. The van der Waals surface area contributed by atoms with Crippen molar-refractivity contribution < 1.29 is 14.7 Å². The third-order valence-electron chi connectivity index (χ3n) is 5.35. The van der Waals surface area contributed by atoms with Crippen LogP contribution in [0.25, 0.3) is 27.3 Å². The zero-order chi connectivity index (χ0) is 25.5. The molecule has 0 unspecified atom stereocenters. The predicted octanol–water partition coefficient (Wildman–Crippen LogP) is 3.77. The second kappa shape index (κ2) is 11.5. The number of amides is 3. The SMILES string of the molecule is NCc1cccc(NC(=O)Nc2ccc(-c3csc4c(C=CC(=O)NCCO)cnc(N)c34)cc2)c1. The highest BCUT2D eigenvalue weighted by molar-refractivity contribution is 7.18. The van der Waals surface area contributed by atoms with Gasteiger partial charge in [0.05, 0.1) is 6.61 Å². The van der Waals surface area contributed by atoms with Gasteiger partial charge in [0.1, 0.15) is 5.82 Å². The van der Waals surface area contributed by atoms with Crippen LogP contribution in [0.3, 0.4) is 0 Å². The largest absolute Gasteiger partial charge is 0.395 e. The van der Waals surface area contributed by atoms with Crippen LogP contribution in [0.15, 0.2) is 66.2 Å². The molecule has 36 heavy (non-hydrogen) atoms. The van der Waals surface area contributed by atoms with Gasteiger partial charge in [0.15, 0.2) is 0 Å². The number of hydrogen-bond acceptors (Lipinski definition) is 7. The Balaban J connectivity index is 1.50. The first-order valence-electron chi connectivity index (χ1n) is 11.2. The van der Waals surface area contributed by atoms with Crippen LogP contribution < -0.4 is 27.4 Å². The van der Waals surface area contributed by atoms with E-state index >= 15 is 0 Å². The highest BCUT2D eigenvalue weighted by Crippen LogP contribution is 2.39. The molecule has 0 aliphatic carbocycles. The first-order valence-corrected chi connectivity index (χ1v) is 12.1. The number of fused-ring (bicyclic) bond motifs is 1. The zero-order valence-corrected chi connectivity index (χ0v) is 20.1. The number of carbonyl (C=O) groups is 2. The molecule has 9 nitrogen and oxygen atoms in total. The van der Waals surface area contributed by atoms with Gasteiger partial charge in [-0.05, 0) is 46.8 Å². The van der Waals surface area contributed by atoms with Crippen LogP contribution in [0.1, 0.15) is 11.1 Å². The molecule has 0 saturated heterocycles. The molecule has 0 aliphatic heterocycles. The average molecular weight is 503 g/mol. The fourth-order valence-corrected chi connectivity index (χ4v) is 4.70. The quantitative estimate of drug-likeness (QED) is 0.202. The van der Waals surface area contributed by atoms with Crippen molar-refractivity contribution in [2.45, 2.75) is 6.54 Å². The molecular weight excluding hydrogens is 476 g/mol. The van der Waals surface area contributed by atoms with Gasteiger partial charge in [-0.3, -0.25) is 4.79 Å². The molecule has 3 amide bonds. The van der Waals surface area contributed by atoms with E-state index in [9.17, 15) is 9.59 Å². The number of nitrogens with zero attached hydrogens (tertiary/aromatic N) is 1. The lowest BCUT2D eigenvalue weighted by Crippen LogP contribution is -2.24. The van der Waals surface area contributed by atoms with Crippen LogP contribution in [0.4, 0.5) is 22.0 Å². The predicted molar refractivity (Wildman–Crippen MR) is 146 cm³/mol. The Kier molecular flexibility index (Phi) is 7.91. The number of thiophene rings is 1. The summed E-state index contributed by atoms with van der Waals surface area (Å²) in [6.45, 7) is 0.465. The molecule has 0 bridgehead atoms. The number of hydrogen-bond donors (Lipinski definition) is 6. The van der Waals surface area contributed by atoms with Gasteiger partial charge in [0.2, 0.25) is 5.91 Å². The molecule has 0 atom stereocenters. The summed E-state index contributed by atoms with van der Waals surface area (Å²) in [5.74, 6) is 0.0921. The third-order valence-corrected chi connectivity index (χ3v) is 6.38. The Morgan fingerprint density at radius 3 is 2.61 bits per heavy atom. The van der Waals surface area contributed by atoms with Crippen molar-refractivity contribution in [2.75, 3.05) is 29.5 Å². The summed E-state index contributed by atoms with van der Waals surface area (Å²) in [4.78, 5) is 28.6. The van der Waals surface area contributed by atoms with Gasteiger partial charge in [-0.15, -0.1) is 11.3 Å². The highest BCUT2D eigenvalue weighted by Gasteiger charge is 2.14. The first kappa shape index (κ1) is 24.9. The Morgan fingerprint density at radius 2 is 1.86 bits per heavy atom. The molecule has 0 fully saturated rings. The van der Waals surface area contributed by atoms with Crippen molar-refractivity contribution >= 4 is 56.6 Å². The van der Waals surface area contributed by atoms with Crippen molar-refractivity contribution in [3.05, 3.63) is 77.3 Å². The number of aliphatic hydroxyl groups is 1. The molecule has 4 aromatic rings. The van der Waals surface area contributed by atoms with Crippen LogP contribution in [-0.4, -0.2) is 35.2 Å². The Labute approximate surface area is 211 Å². The maximum atomic E-state index is 12.4. The van der Waals surface area contributed by atoms with Gasteiger partial charge in [-0.25, -0.2) is 9.78 Å². The summed E-state index contributed by atoms with van der Waals surface area (Å²) in [5, 5.41) is 19.8. The minimum atomic E-state index is -0.356. The minimum absolute atomic E-state index is 0.122. The minimum Gasteiger partial charge on any atom is -0.395 e. The van der Waals surface area contributed by atoms with Gasteiger partial charge in [0, 0.05) is 58.0 Å². The molecule has 0 radical (unpaired) electrons. The normalized spacial score (nSPS) is 11.1. The topological polar surface area (TPSA) is 155 Å². The van der Waals surface area contributed by atoms with E-state index in [0.717, 1.165) is 32.3 Å². The molecule has 10 heteroatoms. The molecule has 8 N–H and O–H groups in total. The third kappa shape index (κ3) is 5.87. The van der Waals surface area contributed by atoms with Crippen molar-refractivity contribution in [3.63, 3.8) is 0 Å². The van der Waals surface area contributed by atoms with Gasteiger partial charge in [0.25, 0.3) is 0 Å². The average Bonchev–Trinajstić information content (AvgIpc) is 3.34. The van der Waals surface area contributed by atoms with E-state index in [2.05, 4.69) is 20.9 Å². The molecular formula is C26H26N6O3S. The second-order valence-corrected chi connectivity index (χ2v) is 8.74. The number of pyridine rings is 1. The molecule has 2 aromatic heterocycles. The number of anilines is 3. The van der Waals surface area contributed by atoms with Gasteiger partial charge in [-0.1, -0.05) is 24.3 Å². The number of carbonyl (C=O) groups excluding carboxylic acids is 2. The van der Waals surface area contributed by atoms with Crippen molar-refractivity contribution in [1.82, 2.24) is 10.3 Å². The number of benzene rings is 2. The van der Waals surface area contributed by atoms with Gasteiger partial charge in [-0.2, -0.15) is 0 Å². The Morgan fingerprint density at radius 1 is 1.08 bits per heavy atom. The monoisotopic (exact) mass is 502 g/mol. The van der Waals surface area contributed by atoms with Gasteiger partial charge >= 0.3 is 6.03 Å². The summed E-state index contributed by atoms with van der Waals surface area (Å²) < 4.78 is 0.907. The summed E-state index contributed by atoms with van der Waals surface area (Å²) in [7, 11) is 0. The van der Waals surface area contributed by atoms with E-state index < -0.39 is 0 Å². The standard InChI is InChI=1S/C26H26N6O3S/c27-13-16-2-1-3-20(12-16)32-26(35)31-19-7-4-17(5-8-19)21-15-36-24-18(14-30-25(28)23(21)24)6-9-22(34)29-10-11-33/h1-9,12,14-15,33H,10-11,13,27H2,(H2,28,30)(H,29,34)(H2,31,32,35). The maximum absolute atomic E-state index is 12.4. The number of nitrogen functional groups attached to an aromatic ring is 1. The fraction of sp³-hybridized carbons (Fsp3) is 0.115. The first-order chi connectivity index (χ1) is 17.5. The summed E-state index contributed by atoms with van der Waals surface area (Å²) in [6.07, 6.45) is 4.71. The zero-order valence-electron chi connectivity index (χ0n) is 19.3. The maximum Gasteiger partial charge on any atom is 0.323 e. The summed E-state index contributed by atoms with van der Waals surface area (Å²) >= 11 is 1.51. The van der Waals surface area contributed by atoms with Crippen LogP contribution in [0.5, 0.6) is 0 Å². The van der Waals surface area contributed by atoms with E-state index in [1.54, 1.807) is 18.3 Å². The molecule has 0 spiro atoms. The molecule has 4 rings (SSSR count). The number of aromatic nitrogens is 1. The fourth-order valence-electron chi connectivity index (χ4n) is 3.62. The van der Waals surface area contributed by atoms with E-state index in [1.807, 2.05) is 47.8 Å². The highest BCUT2D eigenvalue weighted by atomic mass is 32.1. The lowest BCUT2D eigenvalue weighted by molar-refractivity contribution is -0.116. The lowest BCUT2D eigenvalue weighted by Gasteiger charge is -2.09. The summed E-state index contributed by atoms with van der Waals surface area (Å²) in [6, 6.07) is 14.4. The Hall–Kier alpha value is -4.25. The molecule has 2 aromatic carbocycles. The lowest BCUT2D eigenvalue weighted by atomic mass is 10.0. The van der Waals surface area contributed by atoms with Crippen LogP contribution >= 0.6 is 11.3 Å². The van der Waals surface area contributed by atoms with Crippen LogP contribution in [0, 0.1) is 0 Å². The Bertz CT molecular complexity index is 1420. The van der Waals surface area contributed by atoms with E-state index in [4.69, 9.17) is 16.6 Å². The smallest absolute Gasteiger partial charge is 0.323 e. The number of rotatable bonds is 8. The van der Waals surface area contributed by atoms with Crippen LogP contribution in [-0.2, 0) is 11.3 Å².